The molecule has 2 heterocycles. The maximum Gasteiger partial charge on any atom is 0.325 e. The van der Waals surface area contributed by atoms with Crippen LogP contribution in [0.2, 0.25) is 0 Å². The van der Waals surface area contributed by atoms with Gasteiger partial charge < -0.3 is 20.5 Å². The molecule has 1 unspecified atom stereocenters. The van der Waals surface area contributed by atoms with Crippen LogP contribution in [0.1, 0.15) is 39.0 Å². The van der Waals surface area contributed by atoms with Crippen LogP contribution in [0, 0.1) is 17.2 Å². The van der Waals surface area contributed by atoms with E-state index < -0.39 is 18.2 Å². The zero-order chi connectivity index (χ0) is 29.7. The van der Waals surface area contributed by atoms with Crippen LogP contribution in [0.25, 0.3) is 33.3 Å². The summed E-state index contributed by atoms with van der Waals surface area (Å²) in [4.78, 5) is 29.5. The number of nitrogens with zero attached hydrogens (tertiary/aromatic N) is 3. The van der Waals surface area contributed by atoms with Crippen molar-refractivity contribution in [3.63, 3.8) is 0 Å². The molecule has 2 aromatic carbocycles. The standard InChI is InChI=1S/C32H33N5O4/c1-6-19(3)30(34)32(39)41-20(4)37-18-28(22-10-8-9-21(11-22)16-33)27-14-24(17-35-31(27)37)23-12-25(36-29(38)7-2)15-26(13-23)40-5/h7-15,17-20,30H,2,6,34H2,1,3-5H3,(H,36,38)/t19-,20?,30-/m0/s1. The van der Waals surface area contributed by atoms with E-state index in [0.29, 0.717) is 22.6 Å². The summed E-state index contributed by atoms with van der Waals surface area (Å²) in [6, 6.07) is 16.1. The Morgan fingerprint density at radius 1 is 1.17 bits per heavy atom. The molecule has 0 saturated carbocycles. The lowest BCUT2D eigenvalue weighted by molar-refractivity contribution is -0.155. The minimum atomic E-state index is -0.737. The fourth-order valence-electron chi connectivity index (χ4n) is 4.49. The van der Waals surface area contributed by atoms with Crippen molar-refractivity contribution >= 4 is 28.6 Å². The topological polar surface area (TPSA) is 132 Å². The van der Waals surface area contributed by atoms with Crippen molar-refractivity contribution in [1.29, 1.82) is 5.26 Å². The number of methoxy groups -OCH3 is 1. The molecule has 0 saturated heterocycles. The molecule has 2 aromatic heterocycles. The fourth-order valence-corrected chi connectivity index (χ4v) is 4.49. The van der Waals surface area contributed by atoms with Gasteiger partial charge in [-0.05, 0) is 60.4 Å². The van der Waals surface area contributed by atoms with E-state index in [0.717, 1.165) is 34.1 Å². The van der Waals surface area contributed by atoms with Gasteiger partial charge >= 0.3 is 5.97 Å². The van der Waals surface area contributed by atoms with Gasteiger partial charge in [0.05, 0.1) is 18.7 Å². The predicted molar refractivity (Wildman–Crippen MR) is 159 cm³/mol. The monoisotopic (exact) mass is 551 g/mol. The van der Waals surface area contributed by atoms with Gasteiger partial charge in [0.25, 0.3) is 0 Å². The molecule has 3 atom stereocenters. The molecule has 0 fully saturated rings. The number of ether oxygens (including phenoxy) is 2. The minimum absolute atomic E-state index is 0.0231. The fraction of sp³-hybridized carbons (Fsp3) is 0.250. The number of pyridine rings is 1. The zero-order valence-corrected chi connectivity index (χ0v) is 23.5. The quantitative estimate of drug-likeness (QED) is 0.188. The highest BCUT2D eigenvalue weighted by molar-refractivity contribution is 6.00. The van der Waals surface area contributed by atoms with Crippen LogP contribution < -0.4 is 15.8 Å². The summed E-state index contributed by atoms with van der Waals surface area (Å²) in [5.41, 5.74) is 10.9. The van der Waals surface area contributed by atoms with Crippen molar-refractivity contribution in [2.75, 3.05) is 12.4 Å². The number of amides is 1. The first-order valence-corrected chi connectivity index (χ1v) is 13.3. The van der Waals surface area contributed by atoms with Crippen LogP contribution in [0.3, 0.4) is 0 Å². The number of carbonyl (C=O) groups excluding carboxylic acids is 2. The third-order valence-electron chi connectivity index (χ3n) is 7.11. The second-order valence-corrected chi connectivity index (χ2v) is 9.83. The maximum absolute atomic E-state index is 12.8. The molecular formula is C32H33N5O4. The summed E-state index contributed by atoms with van der Waals surface area (Å²) in [7, 11) is 1.55. The molecule has 0 aliphatic carbocycles. The molecule has 3 N–H and O–H groups in total. The average molecular weight is 552 g/mol. The van der Waals surface area contributed by atoms with Gasteiger partial charge in [-0.25, -0.2) is 4.98 Å². The minimum Gasteiger partial charge on any atom is -0.497 e. The number of nitrogens with one attached hydrogen (secondary N) is 1. The van der Waals surface area contributed by atoms with Gasteiger partial charge in [-0.3, -0.25) is 14.2 Å². The molecule has 0 bridgehead atoms. The van der Waals surface area contributed by atoms with Gasteiger partial charge in [0.15, 0.2) is 6.23 Å². The maximum atomic E-state index is 12.8. The lowest BCUT2D eigenvalue weighted by Gasteiger charge is -2.21. The molecule has 41 heavy (non-hydrogen) atoms. The summed E-state index contributed by atoms with van der Waals surface area (Å²) in [5, 5.41) is 13.1. The van der Waals surface area contributed by atoms with E-state index in [4.69, 9.17) is 20.2 Å². The number of nitriles is 1. The first-order chi connectivity index (χ1) is 19.7. The largest absolute Gasteiger partial charge is 0.497 e. The van der Waals surface area contributed by atoms with Gasteiger partial charge in [-0.15, -0.1) is 0 Å². The van der Waals surface area contributed by atoms with Crippen molar-refractivity contribution in [1.82, 2.24) is 9.55 Å². The van der Waals surface area contributed by atoms with E-state index in [1.165, 1.54) is 6.08 Å². The van der Waals surface area contributed by atoms with Gasteiger partial charge in [-0.1, -0.05) is 39.0 Å². The van der Waals surface area contributed by atoms with Crippen molar-refractivity contribution in [2.45, 2.75) is 39.5 Å². The highest BCUT2D eigenvalue weighted by Gasteiger charge is 2.25. The molecule has 0 spiro atoms. The Labute approximate surface area is 239 Å². The Bertz CT molecular complexity index is 1650. The predicted octanol–water partition coefficient (Wildman–Crippen LogP) is 5.81. The van der Waals surface area contributed by atoms with Crippen LogP contribution in [-0.4, -0.2) is 34.6 Å². The van der Waals surface area contributed by atoms with Crippen molar-refractivity contribution in [3.05, 3.63) is 79.1 Å². The van der Waals surface area contributed by atoms with Crippen LogP contribution >= 0.6 is 0 Å². The van der Waals surface area contributed by atoms with Crippen molar-refractivity contribution in [3.8, 4) is 34.1 Å². The first kappa shape index (κ1) is 29.1. The number of anilines is 1. The number of aromatic nitrogens is 2. The number of carbonyl (C=O) groups is 2. The van der Waals surface area contributed by atoms with Gasteiger partial charge in [-0.2, -0.15) is 5.26 Å². The Morgan fingerprint density at radius 3 is 2.63 bits per heavy atom. The van der Waals surface area contributed by atoms with Gasteiger partial charge in [0.1, 0.15) is 17.4 Å². The van der Waals surface area contributed by atoms with Crippen LogP contribution in [-0.2, 0) is 14.3 Å². The van der Waals surface area contributed by atoms with E-state index in [-0.39, 0.29) is 11.8 Å². The summed E-state index contributed by atoms with van der Waals surface area (Å²) < 4.78 is 13.0. The molecule has 1 amide bonds. The number of hydrogen-bond acceptors (Lipinski definition) is 7. The number of esters is 1. The third-order valence-corrected chi connectivity index (χ3v) is 7.11. The molecule has 4 aromatic rings. The van der Waals surface area contributed by atoms with Crippen molar-refractivity contribution < 1.29 is 19.1 Å². The van der Waals surface area contributed by atoms with E-state index in [1.54, 1.807) is 43.0 Å². The average Bonchev–Trinajstić information content (AvgIpc) is 3.39. The summed E-state index contributed by atoms with van der Waals surface area (Å²) in [6.45, 7) is 9.16. The highest BCUT2D eigenvalue weighted by Crippen LogP contribution is 2.36. The lowest BCUT2D eigenvalue weighted by atomic mass is 10.0. The van der Waals surface area contributed by atoms with E-state index in [1.807, 2.05) is 50.4 Å². The Hall–Kier alpha value is -4.94. The van der Waals surface area contributed by atoms with Crippen LogP contribution in [0.4, 0.5) is 5.69 Å². The highest BCUT2D eigenvalue weighted by atomic mass is 16.6. The summed E-state index contributed by atoms with van der Waals surface area (Å²) >= 11 is 0. The zero-order valence-electron chi connectivity index (χ0n) is 23.5. The smallest absolute Gasteiger partial charge is 0.325 e. The second kappa shape index (κ2) is 12.5. The molecule has 210 valence electrons. The number of rotatable bonds is 10. The van der Waals surface area contributed by atoms with Crippen LogP contribution in [0.15, 0.2) is 73.6 Å². The Balaban J connectivity index is 1.84. The molecule has 4 rings (SSSR count). The summed E-state index contributed by atoms with van der Waals surface area (Å²) in [6.07, 6.45) is 4.84. The molecular weight excluding hydrogens is 518 g/mol. The molecule has 0 aliphatic heterocycles. The first-order valence-electron chi connectivity index (χ1n) is 13.3. The van der Waals surface area contributed by atoms with E-state index >= 15 is 0 Å². The number of nitrogens with two attached hydrogens (primary N) is 1. The molecule has 9 heteroatoms. The molecule has 0 aliphatic rings. The second-order valence-electron chi connectivity index (χ2n) is 9.83. The number of benzene rings is 2. The van der Waals surface area contributed by atoms with E-state index in [2.05, 4.69) is 18.0 Å². The van der Waals surface area contributed by atoms with Gasteiger partial charge in [0.2, 0.25) is 5.91 Å². The number of fused-ring (bicyclic) bond motifs is 1. The summed E-state index contributed by atoms with van der Waals surface area (Å²) in [5.74, 6) is -0.292. The lowest BCUT2D eigenvalue weighted by Crippen LogP contribution is -2.38. The SMILES string of the molecule is C=CC(=O)Nc1cc(OC)cc(-c2cnc3c(c2)c(-c2cccc(C#N)c2)cn3C(C)OC(=O)[C@@H](N)[C@@H](C)CC)c1. The molecule has 9 nitrogen and oxygen atoms in total. The van der Waals surface area contributed by atoms with Crippen molar-refractivity contribution in [2.24, 2.45) is 11.7 Å². The van der Waals surface area contributed by atoms with Gasteiger partial charge in [0, 0.05) is 40.7 Å². The molecule has 0 radical (unpaired) electrons. The normalized spacial score (nSPS) is 13.1. The Morgan fingerprint density at radius 2 is 1.95 bits per heavy atom. The number of hydrogen-bond donors (Lipinski definition) is 2. The van der Waals surface area contributed by atoms with E-state index in [9.17, 15) is 14.9 Å². The Kier molecular flexibility index (Phi) is 8.85. The third kappa shape index (κ3) is 6.29. The van der Waals surface area contributed by atoms with Crippen LogP contribution in [0.5, 0.6) is 5.75 Å².